The van der Waals surface area contributed by atoms with Crippen molar-refractivity contribution in [1.29, 1.82) is 5.26 Å². The fourth-order valence-electron chi connectivity index (χ4n) is 1.46. The molecule has 0 amide bonds. The van der Waals surface area contributed by atoms with E-state index in [0.29, 0.717) is 6.54 Å². The Balaban J connectivity index is 2.36. The molecule has 0 bridgehead atoms. The molecule has 0 spiro atoms. The summed E-state index contributed by atoms with van der Waals surface area (Å²) >= 11 is 1.67. The Labute approximate surface area is 115 Å². The fourth-order valence-corrected chi connectivity index (χ4v) is 2.29. The van der Waals surface area contributed by atoms with E-state index in [4.69, 9.17) is 10.4 Å². The van der Waals surface area contributed by atoms with Gasteiger partial charge in [0.1, 0.15) is 11.6 Å². The molecule has 0 saturated carbocycles. The number of nitrogens with one attached hydrogen (secondary N) is 1. The molecule has 3 nitrogen and oxygen atoms in total. The van der Waals surface area contributed by atoms with Crippen molar-refractivity contribution in [3.8, 4) is 6.07 Å². The van der Waals surface area contributed by atoms with Crippen LogP contribution in [0.1, 0.15) is 17.5 Å². The summed E-state index contributed by atoms with van der Waals surface area (Å²) in [4.78, 5) is 0. The molecule has 0 aromatic heterocycles. The molecular weight excluding hydrogens is 270 g/mol. The molecule has 0 atom stereocenters. The first-order valence-electron chi connectivity index (χ1n) is 5.96. The first kappa shape index (κ1) is 15.9. The van der Waals surface area contributed by atoms with Crippen molar-refractivity contribution in [1.82, 2.24) is 5.32 Å². The van der Waals surface area contributed by atoms with E-state index in [2.05, 4.69) is 5.32 Å². The maximum atomic E-state index is 13.5. The van der Waals surface area contributed by atoms with E-state index >= 15 is 0 Å². The molecule has 0 saturated heterocycles. The molecule has 2 N–H and O–H groups in total. The van der Waals surface area contributed by atoms with E-state index in [1.807, 2.05) is 0 Å². The van der Waals surface area contributed by atoms with Gasteiger partial charge in [0.05, 0.1) is 11.6 Å². The Morgan fingerprint density at radius 3 is 2.53 bits per heavy atom. The van der Waals surface area contributed by atoms with Crippen molar-refractivity contribution < 1.29 is 13.9 Å². The zero-order valence-electron chi connectivity index (χ0n) is 10.5. The van der Waals surface area contributed by atoms with Gasteiger partial charge in [-0.1, -0.05) is 0 Å². The van der Waals surface area contributed by atoms with Gasteiger partial charge in [0, 0.05) is 31.0 Å². The van der Waals surface area contributed by atoms with E-state index in [9.17, 15) is 8.78 Å². The molecule has 1 aromatic rings. The molecule has 1 rings (SSSR count). The Bertz CT molecular complexity index is 426. The smallest absolute Gasteiger partial charge is 0.131 e. The fraction of sp³-hybridized carbons (Fsp3) is 0.462. The van der Waals surface area contributed by atoms with Crippen LogP contribution in [0.5, 0.6) is 0 Å². The monoisotopic (exact) mass is 286 g/mol. The molecule has 19 heavy (non-hydrogen) atoms. The van der Waals surface area contributed by atoms with Gasteiger partial charge in [-0.15, -0.1) is 0 Å². The summed E-state index contributed by atoms with van der Waals surface area (Å²) in [5.74, 6) is 0.297. The van der Waals surface area contributed by atoms with Crippen LogP contribution in [0.3, 0.4) is 0 Å². The van der Waals surface area contributed by atoms with E-state index in [1.54, 1.807) is 17.8 Å². The summed E-state index contributed by atoms with van der Waals surface area (Å²) in [6.07, 6.45) is 0.754. The quantitative estimate of drug-likeness (QED) is 0.718. The van der Waals surface area contributed by atoms with Gasteiger partial charge in [-0.25, -0.2) is 8.78 Å². The van der Waals surface area contributed by atoms with Gasteiger partial charge in [-0.05, 0) is 24.3 Å². The molecule has 0 fully saturated rings. The number of nitriles is 1. The molecule has 104 valence electrons. The second kappa shape index (κ2) is 8.86. The van der Waals surface area contributed by atoms with Crippen LogP contribution in [-0.2, 0) is 6.54 Å². The van der Waals surface area contributed by atoms with Crippen LogP contribution in [0.4, 0.5) is 8.78 Å². The highest BCUT2D eigenvalue weighted by Gasteiger charge is 2.10. The number of aliphatic hydroxyl groups is 1. The average Bonchev–Trinajstić information content (AvgIpc) is 2.40. The number of nitrogens with zero attached hydrogens (tertiary/aromatic N) is 1. The standard InChI is InChI=1S/C13H16F2N2OS/c14-12-6-10(8-16)7-13(15)11(12)9-17-2-5-19-4-1-3-18/h6-7,17-18H,1-5,9H2. The number of hydrogen-bond acceptors (Lipinski definition) is 4. The lowest BCUT2D eigenvalue weighted by Gasteiger charge is -2.07. The Morgan fingerprint density at radius 2 is 1.95 bits per heavy atom. The Hall–Kier alpha value is -1.16. The molecule has 0 heterocycles. The highest BCUT2D eigenvalue weighted by atomic mass is 32.2. The van der Waals surface area contributed by atoms with Crippen LogP contribution in [-0.4, -0.2) is 29.8 Å². The van der Waals surface area contributed by atoms with Crippen LogP contribution in [0.2, 0.25) is 0 Å². The van der Waals surface area contributed by atoms with Crippen molar-refractivity contribution in [3.05, 3.63) is 34.9 Å². The van der Waals surface area contributed by atoms with Crippen LogP contribution in [0.15, 0.2) is 12.1 Å². The Morgan fingerprint density at radius 1 is 1.26 bits per heavy atom. The minimum atomic E-state index is -0.697. The number of rotatable bonds is 8. The van der Waals surface area contributed by atoms with Gasteiger partial charge in [0.25, 0.3) is 0 Å². The van der Waals surface area contributed by atoms with E-state index in [-0.39, 0.29) is 24.3 Å². The third kappa shape index (κ3) is 5.55. The van der Waals surface area contributed by atoms with Gasteiger partial charge in [0.15, 0.2) is 0 Å². The van der Waals surface area contributed by atoms with Crippen molar-refractivity contribution in [3.63, 3.8) is 0 Å². The van der Waals surface area contributed by atoms with Gasteiger partial charge in [0.2, 0.25) is 0 Å². The normalized spacial score (nSPS) is 10.4. The first-order valence-corrected chi connectivity index (χ1v) is 7.12. The summed E-state index contributed by atoms with van der Waals surface area (Å²) in [6.45, 7) is 0.918. The summed E-state index contributed by atoms with van der Waals surface area (Å²) in [7, 11) is 0. The van der Waals surface area contributed by atoms with Crippen molar-refractivity contribution in [2.45, 2.75) is 13.0 Å². The molecule has 1 aromatic carbocycles. The summed E-state index contributed by atoms with van der Waals surface area (Å²) in [5.41, 5.74) is -0.0577. The summed E-state index contributed by atoms with van der Waals surface area (Å²) in [5, 5.41) is 20.1. The largest absolute Gasteiger partial charge is 0.396 e. The van der Waals surface area contributed by atoms with Crippen LogP contribution < -0.4 is 5.32 Å². The second-order valence-electron chi connectivity index (χ2n) is 3.90. The highest BCUT2D eigenvalue weighted by molar-refractivity contribution is 7.99. The lowest BCUT2D eigenvalue weighted by atomic mass is 10.1. The number of aliphatic hydroxyl groups excluding tert-OH is 1. The summed E-state index contributed by atoms with van der Waals surface area (Å²) < 4.78 is 27.0. The molecule has 0 radical (unpaired) electrons. The zero-order valence-corrected chi connectivity index (χ0v) is 11.3. The van der Waals surface area contributed by atoms with Crippen molar-refractivity contribution in [2.75, 3.05) is 24.7 Å². The maximum Gasteiger partial charge on any atom is 0.131 e. The topological polar surface area (TPSA) is 56.0 Å². The van der Waals surface area contributed by atoms with Gasteiger partial charge in [-0.2, -0.15) is 17.0 Å². The minimum Gasteiger partial charge on any atom is -0.396 e. The minimum absolute atomic E-state index is 0.0155. The van der Waals surface area contributed by atoms with Gasteiger partial charge in [-0.3, -0.25) is 0 Å². The second-order valence-corrected chi connectivity index (χ2v) is 5.12. The van der Waals surface area contributed by atoms with Crippen LogP contribution in [0.25, 0.3) is 0 Å². The third-order valence-corrected chi connectivity index (χ3v) is 3.51. The molecule has 0 aliphatic heterocycles. The SMILES string of the molecule is N#Cc1cc(F)c(CNCCSCCCO)c(F)c1. The van der Waals surface area contributed by atoms with Crippen LogP contribution >= 0.6 is 11.8 Å². The van der Waals surface area contributed by atoms with E-state index in [1.165, 1.54) is 0 Å². The number of halogens is 2. The molecule has 0 aliphatic rings. The molecule has 0 aliphatic carbocycles. The van der Waals surface area contributed by atoms with E-state index < -0.39 is 11.6 Å². The molecule has 6 heteroatoms. The van der Waals surface area contributed by atoms with E-state index in [0.717, 1.165) is 30.1 Å². The van der Waals surface area contributed by atoms with Crippen LogP contribution in [0, 0.1) is 23.0 Å². The average molecular weight is 286 g/mol. The number of thioether (sulfide) groups is 1. The highest BCUT2D eigenvalue weighted by Crippen LogP contribution is 2.14. The predicted molar refractivity (Wildman–Crippen MR) is 71.8 cm³/mol. The Kier molecular flexibility index (Phi) is 7.41. The van der Waals surface area contributed by atoms with Gasteiger partial charge >= 0.3 is 0 Å². The molecule has 0 unspecified atom stereocenters. The zero-order chi connectivity index (χ0) is 14.1. The third-order valence-electron chi connectivity index (χ3n) is 2.44. The summed E-state index contributed by atoms with van der Waals surface area (Å²) in [6, 6.07) is 3.78. The molecular formula is C13H16F2N2OS. The first-order chi connectivity index (χ1) is 9.19. The lowest BCUT2D eigenvalue weighted by molar-refractivity contribution is 0.296. The predicted octanol–water partition coefficient (Wildman–Crippen LogP) is 2.04. The van der Waals surface area contributed by atoms with Gasteiger partial charge < -0.3 is 10.4 Å². The maximum absolute atomic E-state index is 13.5. The number of hydrogen-bond donors (Lipinski definition) is 2. The van der Waals surface area contributed by atoms with Crippen molar-refractivity contribution >= 4 is 11.8 Å². The lowest BCUT2D eigenvalue weighted by Crippen LogP contribution is -2.18. The van der Waals surface area contributed by atoms with Crippen molar-refractivity contribution in [2.24, 2.45) is 0 Å². The number of benzene rings is 1.